The minimum absolute atomic E-state index is 0.0791. The number of hydrogen-bond acceptors (Lipinski definition) is 2. The molecule has 1 aliphatic heterocycles. The lowest BCUT2D eigenvalue weighted by Crippen LogP contribution is -2.44. The van der Waals surface area contributed by atoms with Crippen molar-refractivity contribution in [1.82, 2.24) is 9.88 Å². The van der Waals surface area contributed by atoms with E-state index in [1.54, 1.807) is 0 Å². The highest BCUT2D eigenvalue weighted by Gasteiger charge is 2.29. The molecule has 1 aromatic heterocycles. The first-order chi connectivity index (χ1) is 14.8. The first-order valence-corrected chi connectivity index (χ1v) is 11.5. The molecule has 2 heterocycles. The van der Waals surface area contributed by atoms with Gasteiger partial charge in [-0.2, -0.15) is 0 Å². The van der Waals surface area contributed by atoms with Crippen LogP contribution in [0.15, 0.2) is 42.5 Å². The Morgan fingerprint density at radius 1 is 1.03 bits per heavy atom. The fourth-order valence-electron chi connectivity index (χ4n) is 4.70. The van der Waals surface area contributed by atoms with E-state index in [2.05, 4.69) is 63.0 Å². The second kappa shape index (κ2) is 8.78. The Balaban J connectivity index is 1.37. The van der Waals surface area contributed by atoms with Crippen LogP contribution >= 0.6 is 0 Å². The third-order valence-corrected chi connectivity index (χ3v) is 6.67. The van der Waals surface area contributed by atoms with Gasteiger partial charge in [0, 0.05) is 35.6 Å². The van der Waals surface area contributed by atoms with E-state index in [1.807, 2.05) is 24.0 Å². The van der Waals surface area contributed by atoms with Crippen LogP contribution in [0.5, 0.6) is 5.75 Å². The fraction of sp³-hybridized carbons (Fsp3) is 0.444. The summed E-state index contributed by atoms with van der Waals surface area (Å²) in [5.41, 5.74) is 6.46. The summed E-state index contributed by atoms with van der Waals surface area (Å²) < 4.78 is 5.95. The van der Waals surface area contributed by atoms with Crippen LogP contribution in [0.3, 0.4) is 0 Å². The maximum absolute atomic E-state index is 13.0. The molecule has 1 amide bonds. The van der Waals surface area contributed by atoms with Gasteiger partial charge in [0.2, 0.25) is 0 Å². The maximum atomic E-state index is 13.0. The SMILES string of the molecule is Cc1ccc2[nH]c(C3CCN(C(=O)C(C)Oc4ccc(C(C)C)cc4)CC3)c(C)c2c1. The van der Waals surface area contributed by atoms with Crippen molar-refractivity contribution in [2.45, 2.75) is 65.4 Å². The number of hydrogen-bond donors (Lipinski definition) is 1. The second-order valence-electron chi connectivity index (χ2n) is 9.30. The highest BCUT2D eigenvalue weighted by atomic mass is 16.5. The smallest absolute Gasteiger partial charge is 0.263 e. The Bertz CT molecular complexity index is 1060. The molecule has 1 fully saturated rings. The van der Waals surface area contributed by atoms with Crippen LogP contribution < -0.4 is 4.74 Å². The quantitative estimate of drug-likeness (QED) is 0.546. The molecule has 0 bridgehead atoms. The Morgan fingerprint density at radius 2 is 1.71 bits per heavy atom. The summed E-state index contributed by atoms with van der Waals surface area (Å²) in [7, 11) is 0. The summed E-state index contributed by atoms with van der Waals surface area (Å²) in [6.45, 7) is 12.1. The zero-order valence-electron chi connectivity index (χ0n) is 19.4. The largest absolute Gasteiger partial charge is 0.481 e. The van der Waals surface area contributed by atoms with Gasteiger partial charge in [-0.3, -0.25) is 4.79 Å². The molecule has 4 nitrogen and oxygen atoms in total. The Morgan fingerprint density at radius 3 is 2.35 bits per heavy atom. The predicted molar refractivity (Wildman–Crippen MR) is 127 cm³/mol. The van der Waals surface area contributed by atoms with Crippen LogP contribution in [0.25, 0.3) is 10.9 Å². The van der Waals surface area contributed by atoms with E-state index in [4.69, 9.17) is 4.74 Å². The molecule has 0 spiro atoms. The number of H-pyrrole nitrogens is 1. The van der Waals surface area contributed by atoms with Crippen molar-refractivity contribution >= 4 is 16.8 Å². The van der Waals surface area contributed by atoms with E-state index in [1.165, 1.54) is 33.3 Å². The minimum Gasteiger partial charge on any atom is -0.481 e. The molecule has 4 rings (SSSR count). The average Bonchev–Trinajstić information content (AvgIpc) is 3.09. The minimum atomic E-state index is -0.473. The lowest BCUT2D eigenvalue weighted by Gasteiger charge is -2.33. The van der Waals surface area contributed by atoms with Crippen molar-refractivity contribution in [3.63, 3.8) is 0 Å². The molecule has 2 aromatic carbocycles. The van der Waals surface area contributed by atoms with Crippen molar-refractivity contribution in [2.24, 2.45) is 0 Å². The number of amides is 1. The van der Waals surface area contributed by atoms with Gasteiger partial charge in [-0.1, -0.05) is 37.6 Å². The zero-order chi connectivity index (χ0) is 22.1. The molecule has 1 unspecified atom stereocenters. The van der Waals surface area contributed by atoms with Crippen LogP contribution in [-0.2, 0) is 4.79 Å². The number of likely N-dealkylation sites (tertiary alicyclic amines) is 1. The van der Waals surface area contributed by atoms with Gasteiger partial charge in [0.05, 0.1) is 0 Å². The van der Waals surface area contributed by atoms with Gasteiger partial charge >= 0.3 is 0 Å². The number of aromatic nitrogens is 1. The average molecular weight is 419 g/mol. The maximum Gasteiger partial charge on any atom is 0.263 e. The first kappa shape index (κ1) is 21.5. The summed E-state index contributed by atoms with van der Waals surface area (Å²) in [5, 5.41) is 1.32. The molecule has 0 saturated carbocycles. The monoisotopic (exact) mass is 418 g/mol. The number of aromatic amines is 1. The molecule has 0 radical (unpaired) electrons. The number of rotatable bonds is 5. The number of carbonyl (C=O) groups excluding carboxylic acids is 1. The summed E-state index contributed by atoms with van der Waals surface area (Å²) in [6.07, 6.45) is 1.49. The fourth-order valence-corrected chi connectivity index (χ4v) is 4.70. The van der Waals surface area contributed by atoms with Gasteiger partial charge in [-0.25, -0.2) is 0 Å². The second-order valence-corrected chi connectivity index (χ2v) is 9.30. The zero-order valence-corrected chi connectivity index (χ0v) is 19.4. The van der Waals surface area contributed by atoms with E-state index >= 15 is 0 Å². The molecule has 31 heavy (non-hydrogen) atoms. The highest BCUT2D eigenvalue weighted by molar-refractivity contribution is 5.85. The van der Waals surface area contributed by atoms with Crippen molar-refractivity contribution in [3.8, 4) is 5.75 Å². The van der Waals surface area contributed by atoms with Gasteiger partial charge in [-0.15, -0.1) is 0 Å². The van der Waals surface area contributed by atoms with Crippen LogP contribution in [-0.4, -0.2) is 35.0 Å². The topological polar surface area (TPSA) is 45.3 Å². The van der Waals surface area contributed by atoms with Gasteiger partial charge in [0.25, 0.3) is 5.91 Å². The molecule has 1 N–H and O–H groups in total. The van der Waals surface area contributed by atoms with E-state index in [0.717, 1.165) is 31.7 Å². The summed E-state index contributed by atoms with van der Waals surface area (Å²) in [5.74, 6) is 1.79. The number of carbonyl (C=O) groups is 1. The third-order valence-electron chi connectivity index (χ3n) is 6.67. The predicted octanol–water partition coefficient (Wildman–Crippen LogP) is 6.08. The molecular weight excluding hydrogens is 384 g/mol. The van der Waals surface area contributed by atoms with Gasteiger partial charge in [0.1, 0.15) is 5.75 Å². The lowest BCUT2D eigenvalue weighted by atomic mass is 9.91. The highest BCUT2D eigenvalue weighted by Crippen LogP contribution is 2.34. The van der Waals surface area contributed by atoms with E-state index in [9.17, 15) is 4.79 Å². The number of piperidine rings is 1. The van der Waals surface area contributed by atoms with Crippen molar-refractivity contribution in [3.05, 3.63) is 64.8 Å². The summed E-state index contributed by atoms with van der Waals surface area (Å²) in [6, 6.07) is 14.7. The Hall–Kier alpha value is -2.75. The lowest BCUT2D eigenvalue weighted by molar-refractivity contribution is -0.139. The van der Waals surface area contributed by atoms with Crippen molar-refractivity contribution in [2.75, 3.05) is 13.1 Å². The van der Waals surface area contributed by atoms with Crippen LogP contribution in [0.2, 0.25) is 0 Å². The summed E-state index contributed by atoms with van der Waals surface area (Å²) in [4.78, 5) is 18.6. The Kier molecular flexibility index (Phi) is 6.08. The first-order valence-electron chi connectivity index (χ1n) is 11.5. The number of nitrogens with one attached hydrogen (secondary N) is 1. The number of benzene rings is 2. The van der Waals surface area contributed by atoms with Crippen LogP contribution in [0.1, 0.15) is 67.8 Å². The molecule has 0 aliphatic carbocycles. The standard InChI is InChI=1S/C27H34N2O2/c1-17(2)21-7-9-23(10-8-21)31-20(5)27(30)29-14-12-22(13-15-29)26-19(4)24-16-18(3)6-11-25(24)28-26/h6-11,16-17,20,22,28H,12-15H2,1-5H3. The molecule has 3 aromatic rings. The Labute approximate surface area is 185 Å². The third kappa shape index (κ3) is 4.48. The van der Waals surface area contributed by atoms with Crippen molar-refractivity contribution < 1.29 is 9.53 Å². The van der Waals surface area contributed by atoms with Crippen molar-refractivity contribution in [1.29, 1.82) is 0 Å². The molecule has 164 valence electrons. The number of fused-ring (bicyclic) bond motifs is 1. The number of aryl methyl sites for hydroxylation is 2. The normalized spacial score (nSPS) is 16.1. The number of nitrogens with zero attached hydrogens (tertiary/aromatic N) is 1. The van der Waals surface area contributed by atoms with Crippen LogP contribution in [0, 0.1) is 13.8 Å². The van der Waals surface area contributed by atoms with E-state index in [-0.39, 0.29) is 5.91 Å². The number of ether oxygens (including phenoxy) is 1. The van der Waals surface area contributed by atoms with E-state index < -0.39 is 6.10 Å². The summed E-state index contributed by atoms with van der Waals surface area (Å²) >= 11 is 0. The molecule has 4 heteroatoms. The van der Waals surface area contributed by atoms with Gasteiger partial charge in [-0.05, 0) is 74.9 Å². The molecular formula is C27H34N2O2. The van der Waals surface area contributed by atoms with Crippen LogP contribution in [0.4, 0.5) is 0 Å². The van der Waals surface area contributed by atoms with Gasteiger partial charge in [0.15, 0.2) is 6.10 Å². The molecule has 1 aliphatic rings. The van der Waals surface area contributed by atoms with E-state index in [0.29, 0.717) is 11.8 Å². The molecule has 1 atom stereocenters. The molecule has 1 saturated heterocycles. The van der Waals surface area contributed by atoms with Gasteiger partial charge < -0.3 is 14.6 Å².